The first-order valence-corrected chi connectivity index (χ1v) is 8.71. The second kappa shape index (κ2) is 8.62. The number of nitrogens with one attached hydrogen (secondary N) is 1. The van der Waals surface area contributed by atoms with E-state index in [-0.39, 0.29) is 11.4 Å². The lowest BCUT2D eigenvalue weighted by molar-refractivity contribution is -0.115. The number of furan rings is 1. The van der Waals surface area contributed by atoms with Crippen LogP contribution in [-0.4, -0.2) is 38.0 Å². The molecule has 0 aliphatic rings. The van der Waals surface area contributed by atoms with Gasteiger partial charge in [0.25, 0.3) is 0 Å². The fraction of sp³-hybridized carbons (Fsp3) is 0.250. The van der Waals surface area contributed by atoms with E-state index in [1.165, 1.54) is 22.9 Å². The second-order valence-corrected chi connectivity index (χ2v) is 6.63. The summed E-state index contributed by atoms with van der Waals surface area (Å²) in [5.74, 6) is 0.151. The molecule has 0 fully saturated rings. The zero-order valence-corrected chi connectivity index (χ0v) is 14.9. The molecule has 0 spiro atoms. The standard InChI is InChI=1S/C16H15F2N5O3S/c1-10(14(24)19-12-6-2-3-7-13(12)26-15(17)18)27-16-20-21-22-23(16)9-11-5-4-8-25-11/h2-8,10,15H,9H2,1H3,(H,19,24). The predicted molar refractivity (Wildman–Crippen MR) is 92.6 cm³/mol. The third-order valence-electron chi connectivity index (χ3n) is 3.40. The molecule has 0 saturated heterocycles. The van der Waals surface area contributed by atoms with E-state index in [1.807, 2.05) is 0 Å². The molecular formula is C16H15F2N5O3S. The highest BCUT2D eigenvalue weighted by molar-refractivity contribution is 8.00. The van der Waals surface area contributed by atoms with Crippen LogP contribution in [-0.2, 0) is 11.3 Å². The highest BCUT2D eigenvalue weighted by Gasteiger charge is 2.20. The van der Waals surface area contributed by atoms with Gasteiger partial charge in [0, 0.05) is 0 Å². The number of hydrogen-bond donors (Lipinski definition) is 1. The molecule has 1 amide bonds. The molecule has 1 N–H and O–H groups in total. The molecule has 27 heavy (non-hydrogen) atoms. The molecule has 1 unspecified atom stereocenters. The molecule has 3 rings (SSSR count). The van der Waals surface area contributed by atoms with Crippen molar-refractivity contribution in [3.63, 3.8) is 0 Å². The van der Waals surface area contributed by atoms with Gasteiger partial charge in [0.1, 0.15) is 18.1 Å². The van der Waals surface area contributed by atoms with Crippen molar-refractivity contribution in [1.82, 2.24) is 20.2 Å². The fourth-order valence-electron chi connectivity index (χ4n) is 2.14. The largest absolute Gasteiger partial charge is 0.467 e. The molecule has 142 valence electrons. The van der Waals surface area contributed by atoms with Gasteiger partial charge >= 0.3 is 6.61 Å². The van der Waals surface area contributed by atoms with E-state index < -0.39 is 17.8 Å². The number of carbonyl (C=O) groups is 1. The molecule has 2 aromatic heterocycles. The molecule has 2 heterocycles. The van der Waals surface area contributed by atoms with Crippen molar-refractivity contribution in [3.05, 3.63) is 48.4 Å². The highest BCUT2D eigenvalue weighted by Crippen LogP contribution is 2.27. The van der Waals surface area contributed by atoms with E-state index in [1.54, 1.807) is 31.4 Å². The van der Waals surface area contributed by atoms with E-state index in [0.717, 1.165) is 11.8 Å². The summed E-state index contributed by atoms with van der Waals surface area (Å²) in [6.45, 7) is -1.01. The number of nitrogens with zero attached hydrogens (tertiary/aromatic N) is 4. The molecule has 8 nitrogen and oxygen atoms in total. The van der Waals surface area contributed by atoms with Gasteiger partial charge < -0.3 is 14.5 Å². The van der Waals surface area contributed by atoms with Crippen LogP contribution in [0.15, 0.2) is 52.2 Å². The Hall–Kier alpha value is -2.95. The van der Waals surface area contributed by atoms with Crippen LogP contribution in [0.5, 0.6) is 5.75 Å². The Kier molecular flexibility index (Phi) is 6.01. The summed E-state index contributed by atoms with van der Waals surface area (Å²) < 4.78 is 36.1. The molecule has 1 aromatic carbocycles. The van der Waals surface area contributed by atoms with Crippen LogP contribution >= 0.6 is 11.8 Å². The van der Waals surface area contributed by atoms with E-state index in [9.17, 15) is 13.6 Å². The minimum absolute atomic E-state index is 0.110. The molecular weight excluding hydrogens is 380 g/mol. The number of rotatable bonds is 8. The number of anilines is 1. The molecule has 3 aromatic rings. The summed E-state index contributed by atoms with van der Waals surface area (Å²) >= 11 is 1.13. The van der Waals surface area contributed by atoms with E-state index in [0.29, 0.717) is 17.5 Å². The van der Waals surface area contributed by atoms with Crippen molar-refractivity contribution in [2.24, 2.45) is 0 Å². The third kappa shape index (κ3) is 5.03. The zero-order valence-electron chi connectivity index (χ0n) is 14.1. The number of hydrogen-bond acceptors (Lipinski definition) is 7. The maximum absolute atomic E-state index is 12.5. The molecule has 0 bridgehead atoms. The SMILES string of the molecule is CC(Sc1nnnn1Cc1ccco1)C(=O)Nc1ccccc1OC(F)F. The molecule has 0 aliphatic heterocycles. The number of aromatic nitrogens is 4. The summed E-state index contributed by atoms with van der Waals surface area (Å²) in [6.07, 6.45) is 1.54. The first-order valence-electron chi connectivity index (χ1n) is 7.83. The lowest BCUT2D eigenvalue weighted by atomic mass is 10.3. The Bertz CT molecular complexity index is 888. The molecule has 0 saturated carbocycles. The van der Waals surface area contributed by atoms with Gasteiger partial charge in [-0.1, -0.05) is 23.9 Å². The second-order valence-electron chi connectivity index (χ2n) is 5.32. The van der Waals surface area contributed by atoms with Gasteiger partial charge in [-0.05, 0) is 41.6 Å². The van der Waals surface area contributed by atoms with Crippen LogP contribution in [0.25, 0.3) is 0 Å². The average Bonchev–Trinajstić information content (AvgIpc) is 3.29. The minimum atomic E-state index is -2.99. The average molecular weight is 395 g/mol. The van der Waals surface area contributed by atoms with Gasteiger partial charge in [-0.25, -0.2) is 4.68 Å². The summed E-state index contributed by atoms with van der Waals surface area (Å²) in [7, 11) is 0. The Labute approximate surface area is 156 Å². The summed E-state index contributed by atoms with van der Waals surface area (Å²) in [4.78, 5) is 12.4. The monoisotopic (exact) mass is 395 g/mol. The van der Waals surface area contributed by atoms with Gasteiger partial charge in [-0.2, -0.15) is 8.78 Å². The lowest BCUT2D eigenvalue weighted by Crippen LogP contribution is -2.23. The van der Waals surface area contributed by atoms with Crippen LogP contribution < -0.4 is 10.1 Å². The Balaban J connectivity index is 1.65. The predicted octanol–water partition coefficient (Wildman–Crippen LogP) is 3.04. The smallest absolute Gasteiger partial charge is 0.387 e. The van der Waals surface area contributed by atoms with Crippen molar-refractivity contribution in [2.45, 2.75) is 30.5 Å². The number of carbonyl (C=O) groups excluding carboxylic acids is 1. The number of halogens is 2. The summed E-state index contributed by atoms with van der Waals surface area (Å²) in [5.41, 5.74) is 0.158. The molecule has 0 aliphatic carbocycles. The number of benzene rings is 1. The number of tetrazole rings is 1. The van der Waals surface area contributed by atoms with Crippen LogP contribution in [0.3, 0.4) is 0 Å². The minimum Gasteiger partial charge on any atom is -0.467 e. The lowest BCUT2D eigenvalue weighted by Gasteiger charge is -2.14. The van der Waals surface area contributed by atoms with Crippen molar-refractivity contribution in [1.29, 1.82) is 0 Å². The van der Waals surface area contributed by atoms with Crippen LogP contribution in [0, 0.1) is 0 Å². The Morgan fingerprint density at radius 2 is 2.15 bits per heavy atom. The Morgan fingerprint density at radius 3 is 2.89 bits per heavy atom. The van der Waals surface area contributed by atoms with Crippen molar-refractivity contribution >= 4 is 23.4 Å². The van der Waals surface area contributed by atoms with Gasteiger partial charge in [-0.15, -0.1) is 5.10 Å². The topological polar surface area (TPSA) is 95.1 Å². The zero-order chi connectivity index (χ0) is 19.2. The summed E-state index contributed by atoms with van der Waals surface area (Å²) in [5, 5.41) is 13.8. The molecule has 1 atom stereocenters. The number of alkyl halides is 2. The van der Waals surface area contributed by atoms with Gasteiger partial charge in [-0.3, -0.25) is 4.79 Å². The highest BCUT2D eigenvalue weighted by atomic mass is 32.2. The quantitative estimate of drug-likeness (QED) is 0.586. The van der Waals surface area contributed by atoms with Crippen molar-refractivity contribution in [2.75, 3.05) is 5.32 Å². The fourth-order valence-corrected chi connectivity index (χ4v) is 2.93. The Morgan fingerprint density at radius 1 is 1.33 bits per heavy atom. The first kappa shape index (κ1) is 18.8. The van der Waals surface area contributed by atoms with E-state index in [4.69, 9.17) is 4.42 Å². The van der Waals surface area contributed by atoms with Crippen LogP contribution in [0.2, 0.25) is 0 Å². The number of thioether (sulfide) groups is 1. The first-order chi connectivity index (χ1) is 13.0. The van der Waals surface area contributed by atoms with Crippen molar-refractivity contribution < 1.29 is 22.7 Å². The summed E-state index contributed by atoms with van der Waals surface area (Å²) in [6, 6.07) is 9.51. The maximum atomic E-state index is 12.5. The number of amides is 1. The van der Waals surface area contributed by atoms with Crippen LogP contribution in [0.1, 0.15) is 12.7 Å². The van der Waals surface area contributed by atoms with Gasteiger partial charge in [0.2, 0.25) is 11.1 Å². The van der Waals surface area contributed by atoms with Gasteiger partial charge in [0.05, 0.1) is 17.2 Å². The number of ether oxygens (including phenoxy) is 1. The van der Waals surface area contributed by atoms with E-state index >= 15 is 0 Å². The maximum Gasteiger partial charge on any atom is 0.387 e. The molecule has 11 heteroatoms. The van der Waals surface area contributed by atoms with Crippen LogP contribution in [0.4, 0.5) is 14.5 Å². The van der Waals surface area contributed by atoms with E-state index in [2.05, 4.69) is 25.6 Å². The normalized spacial score (nSPS) is 12.1. The van der Waals surface area contributed by atoms with Crippen molar-refractivity contribution in [3.8, 4) is 5.75 Å². The molecule has 0 radical (unpaired) electrons. The third-order valence-corrected chi connectivity index (χ3v) is 4.47. The van der Waals surface area contributed by atoms with Gasteiger partial charge in [0.15, 0.2) is 0 Å². The number of para-hydroxylation sites is 2.